The Labute approximate surface area is 199 Å². The van der Waals surface area contributed by atoms with E-state index in [1.807, 2.05) is 24.3 Å². The molecule has 1 aliphatic carbocycles. The Hall–Kier alpha value is -3.24. The largest absolute Gasteiger partial charge is 0.490 e. The maximum atomic E-state index is 12.6. The van der Waals surface area contributed by atoms with E-state index in [4.69, 9.17) is 9.47 Å². The summed E-state index contributed by atoms with van der Waals surface area (Å²) < 4.78 is 40.4. The van der Waals surface area contributed by atoms with Crippen molar-refractivity contribution in [3.63, 3.8) is 0 Å². The minimum absolute atomic E-state index is 0.0414. The van der Waals surface area contributed by atoms with E-state index in [-0.39, 0.29) is 29.4 Å². The van der Waals surface area contributed by atoms with E-state index < -0.39 is 10.0 Å². The van der Waals surface area contributed by atoms with Crippen LogP contribution in [0.2, 0.25) is 0 Å². The maximum absolute atomic E-state index is 12.6. The molecule has 2 atom stereocenters. The molecule has 1 N–H and O–H groups in total. The van der Waals surface area contributed by atoms with Crippen molar-refractivity contribution in [3.05, 3.63) is 66.0 Å². The molecule has 0 aliphatic heterocycles. The minimum atomic E-state index is -3.66. The summed E-state index contributed by atoms with van der Waals surface area (Å²) in [6.45, 7) is 1.83. The molecule has 1 aromatic heterocycles. The van der Waals surface area contributed by atoms with Crippen molar-refractivity contribution in [2.75, 3.05) is 7.11 Å². The fourth-order valence-electron chi connectivity index (χ4n) is 4.12. The molecule has 4 rings (SSSR count). The zero-order chi connectivity index (χ0) is 24.1. The predicted octanol–water partition coefficient (Wildman–Crippen LogP) is 3.16. The van der Waals surface area contributed by atoms with Crippen LogP contribution in [-0.4, -0.2) is 42.6 Å². The molecule has 180 valence electrons. The molecule has 0 bridgehead atoms. The molecule has 0 radical (unpaired) electrons. The highest BCUT2D eigenvalue weighted by Gasteiger charge is 2.29. The van der Waals surface area contributed by atoms with Gasteiger partial charge in [0.2, 0.25) is 10.0 Å². The second-order valence-corrected chi connectivity index (χ2v) is 10.1. The summed E-state index contributed by atoms with van der Waals surface area (Å²) in [6, 6.07) is 15.6. The molecular formula is C24H28N4O5S. The van der Waals surface area contributed by atoms with Crippen molar-refractivity contribution in [1.82, 2.24) is 19.7 Å². The van der Waals surface area contributed by atoms with E-state index in [0.717, 1.165) is 24.9 Å². The molecule has 34 heavy (non-hydrogen) atoms. The number of benzene rings is 2. The van der Waals surface area contributed by atoms with Gasteiger partial charge in [-0.15, -0.1) is 5.10 Å². The lowest BCUT2D eigenvalue weighted by Gasteiger charge is -2.28. The van der Waals surface area contributed by atoms with Gasteiger partial charge in [0.15, 0.2) is 0 Å². The van der Waals surface area contributed by atoms with Crippen LogP contribution in [0.4, 0.5) is 0 Å². The number of methoxy groups -OCH3 is 1. The van der Waals surface area contributed by atoms with E-state index in [1.54, 1.807) is 41.9 Å². The van der Waals surface area contributed by atoms with Gasteiger partial charge < -0.3 is 9.47 Å². The van der Waals surface area contributed by atoms with Crippen LogP contribution in [0.5, 0.6) is 5.75 Å². The number of aryl methyl sites for hydroxylation is 1. The zero-order valence-corrected chi connectivity index (χ0v) is 20.0. The lowest BCUT2D eigenvalue weighted by molar-refractivity contribution is -0.147. The number of hydrogen-bond donors (Lipinski definition) is 1. The SMILES string of the molecule is COC(=O)[C@H]1CCC[C@H](Oc2ccc(-n3nnc(C)c3CNS(=O)(=O)c3ccccc3)cc2)C1. The third-order valence-corrected chi connectivity index (χ3v) is 7.40. The first-order chi connectivity index (χ1) is 16.4. The number of nitrogens with one attached hydrogen (secondary N) is 1. The van der Waals surface area contributed by atoms with E-state index in [2.05, 4.69) is 15.0 Å². The number of ether oxygens (including phenoxy) is 2. The normalized spacial score (nSPS) is 18.4. The highest BCUT2D eigenvalue weighted by atomic mass is 32.2. The predicted molar refractivity (Wildman–Crippen MR) is 125 cm³/mol. The lowest BCUT2D eigenvalue weighted by Crippen LogP contribution is -2.30. The second kappa shape index (κ2) is 10.4. The molecular weight excluding hydrogens is 456 g/mol. The average Bonchev–Trinajstić information content (AvgIpc) is 3.23. The summed E-state index contributed by atoms with van der Waals surface area (Å²) in [5.74, 6) is 0.395. The fourth-order valence-corrected chi connectivity index (χ4v) is 5.13. The van der Waals surface area contributed by atoms with Crippen molar-refractivity contribution >= 4 is 16.0 Å². The van der Waals surface area contributed by atoms with Crippen molar-refractivity contribution in [3.8, 4) is 11.4 Å². The molecule has 1 heterocycles. The monoisotopic (exact) mass is 484 g/mol. The smallest absolute Gasteiger partial charge is 0.308 e. The van der Waals surface area contributed by atoms with Gasteiger partial charge >= 0.3 is 5.97 Å². The van der Waals surface area contributed by atoms with Gasteiger partial charge in [-0.2, -0.15) is 0 Å². The summed E-state index contributed by atoms with van der Waals surface area (Å²) in [7, 11) is -2.24. The fraction of sp³-hybridized carbons (Fsp3) is 0.375. The standard InChI is InChI=1S/C24H28N4O5S/c1-17-23(16-25-34(30,31)22-9-4-3-5-10-22)28(27-26-17)19-11-13-20(14-12-19)33-21-8-6-7-18(15-21)24(29)32-2/h3-5,9-14,18,21,25H,6-8,15-16H2,1-2H3/t18-,21-/m0/s1. The quantitative estimate of drug-likeness (QED) is 0.489. The molecule has 2 aromatic carbocycles. The molecule has 9 nitrogen and oxygen atoms in total. The molecule has 10 heteroatoms. The number of nitrogens with zero attached hydrogens (tertiary/aromatic N) is 3. The number of sulfonamides is 1. The molecule has 3 aromatic rings. The van der Waals surface area contributed by atoms with Crippen LogP contribution in [0.15, 0.2) is 59.5 Å². The second-order valence-electron chi connectivity index (χ2n) is 8.29. The molecule has 0 saturated heterocycles. The number of esters is 1. The van der Waals surface area contributed by atoms with Gasteiger partial charge in [-0.1, -0.05) is 23.4 Å². The maximum Gasteiger partial charge on any atom is 0.308 e. The van der Waals surface area contributed by atoms with Crippen molar-refractivity contribution < 1.29 is 22.7 Å². The topological polar surface area (TPSA) is 112 Å². The van der Waals surface area contributed by atoms with Gasteiger partial charge in [0.05, 0.1) is 47.6 Å². The molecule has 0 amide bonds. The Morgan fingerprint density at radius 2 is 1.85 bits per heavy atom. The molecule has 1 aliphatic rings. The zero-order valence-electron chi connectivity index (χ0n) is 19.2. The molecule has 1 saturated carbocycles. The summed E-state index contributed by atoms with van der Waals surface area (Å²) in [4.78, 5) is 12.1. The highest BCUT2D eigenvalue weighted by Crippen LogP contribution is 2.29. The summed E-state index contributed by atoms with van der Waals surface area (Å²) >= 11 is 0. The van der Waals surface area contributed by atoms with Crippen LogP contribution in [-0.2, 0) is 26.1 Å². The van der Waals surface area contributed by atoms with Crippen LogP contribution >= 0.6 is 0 Å². The summed E-state index contributed by atoms with van der Waals surface area (Å²) in [5.41, 5.74) is 2.01. The van der Waals surface area contributed by atoms with Crippen LogP contribution in [0.1, 0.15) is 37.1 Å². The van der Waals surface area contributed by atoms with Gasteiger partial charge in [-0.05, 0) is 69.0 Å². The summed E-state index contributed by atoms with van der Waals surface area (Å²) in [5, 5.41) is 8.30. The number of rotatable bonds is 8. The van der Waals surface area contributed by atoms with E-state index in [0.29, 0.717) is 23.6 Å². The third kappa shape index (κ3) is 5.45. The van der Waals surface area contributed by atoms with Gasteiger partial charge in [0, 0.05) is 0 Å². The third-order valence-electron chi connectivity index (χ3n) is 5.99. The first-order valence-electron chi connectivity index (χ1n) is 11.2. The van der Waals surface area contributed by atoms with Crippen LogP contribution < -0.4 is 9.46 Å². The summed E-state index contributed by atoms with van der Waals surface area (Å²) in [6.07, 6.45) is 3.24. The van der Waals surface area contributed by atoms with Crippen LogP contribution in [0.25, 0.3) is 5.69 Å². The average molecular weight is 485 g/mol. The Morgan fingerprint density at radius 3 is 2.56 bits per heavy atom. The number of carbonyl (C=O) groups is 1. The van der Waals surface area contributed by atoms with Crippen molar-refractivity contribution in [1.29, 1.82) is 0 Å². The van der Waals surface area contributed by atoms with Gasteiger partial charge in [-0.25, -0.2) is 17.8 Å². The van der Waals surface area contributed by atoms with Crippen molar-refractivity contribution in [2.24, 2.45) is 5.92 Å². The Morgan fingerprint density at radius 1 is 1.12 bits per heavy atom. The Bertz CT molecular complexity index is 1230. The lowest BCUT2D eigenvalue weighted by atomic mass is 9.87. The number of aromatic nitrogens is 3. The van der Waals surface area contributed by atoms with Gasteiger partial charge in [-0.3, -0.25) is 4.79 Å². The first kappa shape index (κ1) is 23.9. The highest BCUT2D eigenvalue weighted by molar-refractivity contribution is 7.89. The van der Waals surface area contributed by atoms with Crippen LogP contribution in [0, 0.1) is 12.8 Å². The van der Waals surface area contributed by atoms with Crippen LogP contribution in [0.3, 0.4) is 0 Å². The van der Waals surface area contributed by atoms with Gasteiger partial charge in [0.25, 0.3) is 0 Å². The Kier molecular flexibility index (Phi) is 7.28. The molecule has 1 fully saturated rings. The van der Waals surface area contributed by atoms with E-state index in [9.17, 15) is 13.2 Å². The number of carbonyl (C=O) groups excluding carboxylic acids is 1. The number of hydrogen-bond acceptors (Lipinski definition) is 7. The van der Waals surface area contributed by atoms with Crippen molar-refractivity contribution in [2.45, 2.75) is 50.2 Å². The first-order valence-corrected chi connectivity index (χ1v) is 12.7. The minimum Gasteiger partial charge on any atom is -0.490 e. The molecule has 0 unspecified atom stereocenters. The van der Waals surface area contributed by atoms with Gasteiger partial charge in [0.1, 0.15) is 5.75 Å². The van der Waals surface area contributed by atoms with E-state index in [1.165, 1.54) is 7.11 Å². The molecule has 0 spiro atoms. The Balaban J connectivity index is 1.44. The van der Waals surface area contributed by atoms with E-state index >= 15 is 0 Å².